The second kappa shape index (κ2) is 5.89. The number of likely N-dealkylation sites (N-methyl/N-ethyl adjacent to an activating group) is 1. The smallest absolute Gasteiger partial charge is 0.231 e. The number of methoxy groups -OCH3 is 1. The lowest BCUT2D eigenvalue weighted by Gasteiger charge is -2.30. The third-order valence-corrected chi connectivity index (χ3v) is 3.94. The Balaban J connectivity index is 1.65. The van der Waals surface area contributed by atoms with Gasteiger partial charge in [0.15, 0.2) is 11.5 Å². The van der Waals surface area contributed by atoms with Crippen molar-refractivity contribution in [3.05, 3.63) is 17.7 Å². The average Bonchev–Trinajstić information content (AvgIpc) is 2.92. The Morgan fingerprint density at radius 1 is 1.40 bits per heavy atom. The van der Waals surface area contributed by atoms with Crippen molar-refractivity contribution >= 4 is 0 Å². The third-order valence-electron chi connectivity index (χ3n) is 3.94. The van der Waals surface area contributed by atoms with Gasteiger partial charge in [-0.3, -0.25) is 0 Å². The van der Waals surface area contributed by atoms with Gasteiger partial charge in [0.2, 0.25) is 12.5 Å². The van der Waals surface area contributed by atoms with E-state index in [1.807, 2.05) is 12.1 Å². The molecule has 2 heterocycles. The van der Waals surface area contributed by atoms with Gasteiger partial charge in [0.25, 0.3) is 0 Å². The fraction of sp³-hybridized carbons (Fsp3) is 0.600. The van der Waals surface area contributed by atoms with Crippen molar-refractivity contribution < 1.29 is 14.2 Å². The van der Waals surface area contributed by atoms with Gasteiger partial charge < -0.3 is 24.4 Å². The number of fused-ring (bicyclic) bond motifs is 1. The maximum atomic E-state index is 5.45. The molecule has 0 bridgehead atoms. The van der Waals surface area contributed by atoms with Gasteiger partial charge in [-0.15, -0.1) is 0 Å². The van der Waals surface area contributed by atoms with Crippen LogP contribution >= 0.6 is 0 Å². The highest BCUT2D eigenvalue weighted by atomic mass is 16.7. The van der Waals surface area contributed by atoms with Crippen molar-refractivity contribution in [2.45, 2.75) is 25.4 Å². The summed E-state index contributed by atoms with van der Waals surface area (Å²) < 4.78 is 16.2. The van der Waals surface area contributed by atoms with Crippen LogP contribution in [0, 0.1) is 0 Å². The summed E-state index contributed by atoms with van der Waals surface area (Å²) in [5.74, 6) is 2.24. The predicted molar refractivity (Wildman–Crippen MR) is 76.5 cm³/mol. The molecule has 1 saturated heterocycles. The molecule has 1 atom stereocenters. The standard InChI is InChI=1S/C15H22N2O3/c1-17-5-3-4-12(9-17)16-8-11-6-13(18-2)15-14(7-11)19-10-20-15/h6-7,12,16H,3-5,8-10H2,1-2H3/t12-/m1/s1. The Morgan fingerprint density at radius 2 is 2.30 bits per heavy atom. The third kappa shape index (κ3) is 2.83. The topological polar surface area (TPSA) is 43.0 Å². The summed E-state index contributed by atoms with van der Waals surface area (Å²) in [4.78, 5) is 2.38. The van der Waals surface area contributed by atoms with Gasteiger partial charge in [-0.05, 0) is 44.1 Å². The van der Waals surface area contributed by atoms with Gasteiger partial charge in [-0.1, -0.05) is 0 Å². The van der Waals surface area contributed by atoms with Crippen molar-refractivity contribution in [3.8, 4) is 17.2 Å². The summed E-state index contributed by atoms with van der Waals surface area (Å²) >= 11 is 0. The maximum Gasteiger partial charge on any atom is 0.231 e. The highest BCUT2D eigenvalue weighted by molar-refractivity contribution is 5.55. The van der Waals surface area contributed by atoms with E-state index >= 15 is 0 Å². The number of piperidine rings is 1. The monoisotopic (exact) mass is 278 g/mol. The minimum absolute atomic E-state index is 0.274. The molecule has 5 nitrogen and oxygen atoms in total. The number of nitrogens with zero attached hydrogens (tertiary/aromatic N) is 1. The van der Waals surface area contributed by atoms with Crippen LogP contribution in [0.4, 0.5) is 0 Å². The van der Waals surface area contributed by atoms with Crippen molar-refractivity contribution in [3.63, 3.8) is 0 Å². The zero-order valence-corrected chi connectivity index (χ0v) is 12.1. The molecule has 1 fully saturated rings. The molecular formula is C15H22N2O3. The first kappa shape index (κ1) is 13.5. The Morgan fingerprint density at radius 3 is 3.10 bits per heavy atom. The molecule has 0 saturated carbocycles. The molecule has 2 aliphatic heterocycles. The summed E-state index contributed by atoms with van der Waals surface area (Å²) in [6.07, 6.45) is 2.50. The van der Waals surface area contributed by atoms with Crippen LogP contribution in [-0.4, -0.2) is 45.0 Å². The second-order valence-corrected chi connectivity index (χ2v) is 5.51. The number of nitrogens with one attached hydrogen (secondary N) is 1. The van der Waals surface area contributed by atoms with E-state index in [1.54, 1.807) is 7.11 Å². The van der Waals surface area contributed by atoms with E-state index in [-0.39, 0.29) is 6.79 Å². The lowest BCUT2D eigenvalue weighted by Crippen LogP contribution is -2.43. The molecule has 20 heavy (non-hydrogen) atoms. The van der Waals surface area contributed by atoms with Crippen LogP contribution in [0.1, 0.15) is 18.4 Å². The van der Waals surface area contributed by atoms with E-state index in [0.717, 1.165) is 24.6 Å². The van der Waals surface area contributed by atoms with Crippen LogP contribution < -0.4 is 19.5 Å². The molecule has 110 valence electrons. The molecular weight excluding hydrogens is 256 g/mol. The second-order valence-electron chi connectivity index (χ2n) is 5.51. The number of hydrogen-bond donors (Lipinski definition) is 1. The molecule has 1 aromatic rings. The van der Waals surface area contributed by atoms with Gasteiger partial charge in [0.1, 0.15) is 0 Å². The van der Waals surface area contributed by atoms with E-state index in [9.17, 15) is 0 Å². The number of hydrogen-bond acceptors (Lipinski definition) is 5. The van der Waals surface area contributed by atoms with E-state index in [1.165, 1.54) is 24.9 Å². The first-order chi connectivity index (χ1) is 9.76. The van der Waals surface area contributed by atoms with E-state index < -0.39 is 0 Å². The quantitative estimate of drug-likeness (QED) is 0.906. The molecule has 1 aromatic carbocycles. The number of ether oxygens (including phenoxy) is 3. The van der Waals surface area contributed by atoms with E-state index in [4.69, 9.17) is 14.2 Å². The van der Waals surface area contributed by atoms with Crippen LogP contribution in [0.3, 0.4) is 0 Å². The largest absolute Gasteiger partial charge is 0.493 e. The molecule has 0 aromatic heterocycles. The van der Waals surface area contributed by atoms with Gasteiger partial charge >= 0.3 is 0 Å². The Bertz CT molecular complexity index is 478. The Kier molecular flexibility index (Phi) is 3.98. The van der Waals surface area contributed by atoms with Crippen LogP contribution in [0.15, 0.2) is 12.1 Å². The highest BCUT2D eigenvalue weighted by Gasteiger charge is 2.21. The van der Waals surface area contributed by atoms with E-state index in [2.05, 4.69) is 17.3 Å². The molecule has 0 aliphatic carbocycles. The minimum Gasteiger partial charge on any atom is -0.493 e. The summed E-state index contributed by atoms with van der Waals surface area (Å²) in [7, 11) is 3.84. The van der Waals surface area contributed by atoms with Crippen LogP contribution in [0.25, 0.3) is 0 Å². The van der Waals surface area contributed by atoms with Gasteiger partial charge in [-0.2, -0.15) is 0 Å². The molecule has 1 N–H and O–H groups in total. The number of likely N-dealkylation sites (tertiary alicyclic amines) is 1. The van der Waals surface area contributed by atoms with Crippen LogP contribution in [-0.2, 0) is 6.54 Å². The molecule has 5 heteroatoms. The average molecular weight is 278 g/mol. The maximum absolute atomic E-state index is 5.45. The molecule has 3 rings (SSSR count). The summed E-state index contributed by atoms with van der Waals surface area (Å²) in [6, 6.07) is 4.61. The zero-order valence-electron chi connectivity index (χ0n) is 12.1. The normalized spacial score (nSPS) is 22.0. The van der Waals surface area contributed by atoms with Crippen LogP contribution in [0.2, 0.25) is 0 Å². The number of rotatable bonds is 4. The summed E-state index contributed by atoms with van der Waals surface area (Å²) in [5, 5.41) is 3.62. The fourth-order valence-electron chi connectivity index (χ4n) is 2.88. The van der Waals surface area contributed by atoms with Gasteiger partial charge in [0.05, 0.1) is 7.11 Å². The Hall–Kier alpha value is -1.46. The van der Waals surface area contributed by atoms with Crippen LogP contribution in [0.5, 0.6) is 17.2 Å². The van der Waals surface area contributed by atoms with Gasteiger partial charge in [-0.25, -0.2) is 0 Å². The van der Waals surface area contributed by atoms with Crippen molar-refractivity contribution in [1.29, 1.82) is 0 Å². The predicted octanol–water partition coefficient (Wildman–Crippen LogP) is 1.61. The Labute approximate surface area is 119 Å². The van der Waals surface area contributed by atoms with Crippen molar-refractivity contribution in [2.24, 2.45) is 0 Å². The molecule has 0 amide bonds. The fourth-order valence-corrected chi connectivity index (χ4v) is 2.88. The van der Waals surface area contributed by atoms with E-state index in [0.29, 0.717) is 11.8 Å². The molecule has 2 aliphatic rings. The van der Waals surface area contributed by atoms with Crippen molar-refractivity contribution in [2.75, 3.05) is 34.0 Å². The molecule has 0 unspecified atom stereocenters. The summed E-state index contributed by atoms with van der Waals surface area (Å²) in [6.45, 7) is 3.42. The first-order valence-electron chi connectivity index (χ1n) is 7.14. The lowest BCUT2D eigenvalue weighted by molar-refractivity contribution is 0.171. The lowest BCUT2D eigenvalue weighted by atomic mass is 10.1. The minimum atomic E-state index is 0.274. The zero-order chi connectivity index (χ0) is 13.9. The number of benzene rings is 1. The highest BCUT2D eigenvalue weighted by Crippen LogP contribution is 2.41. The SMILES string of the molecule is COc1cc(CN[C@@H]2CCCN(C)C2)cc2c1OCO2. The van der Waals surface area contributed by atoms with Crippen molar-refractivity contribution in [1.82, 2.24) is 10.2 Å². The molecule has 0 radical (unpaired) electrons. The molecule has 0 spiro atoms. The van der Waals surface area contributed by atoms with Gasteiger partial charge in [0, 0.05) is 19.1 Å². The summed E-state index contributed by atoms with van der Waals surface area (Å²) in [5.41, 5.74) is 1.17. The first-order valence-corrected chi connectivity index (χ1v) is 7.14.